The second kappa shape index (κ2) is 3.57. The van der Waals surface area contributed by atoms with Gasteiger partial charge in [0, 0.05) is 6.42 Å². The van der Waals surface area contributed by atoms with Crippen molar-refractivity contribution in [3.05, 3.63) is 0 Å². The highest BCUT2D eigenvalue weighted by Gasteiger charge is 2.54. The smallest absolute Gasteiger partial charge is 0.326 e. The minimum Gasteiger partial charge on any atom is -0.480 e. The van der Waals surface area contributed by atoms with Crippen LogP contribution in [0.4, 0.5) is 0 Å². The highest BCUT2D eigenvalue weighted by atomic mass is 16.4. The maximum absolute atomic E-state index is 12.1. The summed E-state index contributed by atoms with van der Waals surface area (Å²) in [4.78, 5) is 35.6. The number of aliphatic carboxylic acids is 1. The third-order valence-corrected chi connectivity index (χ3v) is 3.74. The fourth-order valence-electron chi connectivity index (χ4n) is 2.76. The van der Waals surface area contributed by atoms with E-state index in [2.05, 4.69) is 0 Å². The monoisotopic (exact) mass is 225 g/mol. The number of carbonyl (C=O) groups excluding carboxylic acids is 2. The molecule has 0 aromatic rings. The minimum atomic E-state index is -1.13. The van der Waals surface area contributed by atoms with Crippen LogP contribution < -0.4 is 0 Å². The molecule has 0 aromatic carbocycles. The number of carboxylic acids is 1. The van der Waals surface area contributed by atoms with Gasteiger partial charge in [0.1, 0.15) is 6.04 Å². The van der Waals surface area contributed by atoms with Crippen LogP contribution in [0.5, 0.6) is 0 Å². The predicted molar refractivity (Wildman–Crippen MR) is 54.5 cm³/mol. The van der Waals surface area contributed by atoms with E-state index in [1.165, 1.54) is 6.92 Å². The Morgan fingerprint density at radius 3 is 2.44 bits per heavy atom. The van der Waals surface area contributed by atoms with Gasteiger partial charge in [-0.25, -0.2) is 4.79 Å². The average molecular weight is 225 g/mol. The van der Waals surface area contributed by atoms with Gasteiger partial charge >= 0.3 is 5.97 Å². The van der Waals surface area contributed by atoms with E-state index < -0.39 is 17.4 Å². The average Bonchev–Trinajstić information content (AvgIpc) is 2.75. The Kier molecular flexibility index (Phi) is 2.48. The van der Waals surface area contributed by atoms with Crippen LogP contribution in [-0.2, 0) is 14.4 Å². The molecule has 5 heteroatoms. The number of imide groups is 1. The molecule has 1 aliphatic carbocycles. The molecule has 16 heavy (non-hydrogen) atoms. The van der Waals surface area contributed by atoms with Gasteiger partial charge in [-0.15, -0.1) is 0 Å². The Bertz CT molecular complexity index is 357. The number of carboxylic acid groups (broad SMARTS) is 1. The first-order valence-corrected chi connectivity index (χ1v) is 5.57. The van der Waals surface area contributed by atoms with Crippen LogP contribution in [-0.4, -0.2) is 33.8 Å². The zero-order chi connectivity index (χ0) is 11.9. The van der Waals surface area contributed by atoms with Crippen molar-refractivity contribution in [1.82, 2.24) is 4.90 Å². The number of rotatable bonds is 2. The molecular weight excluding hydrogens is 210 g/mol. The molecule has 0 radical (unpaired) electrons. The molecular formula is C11H15NO4. The van der Waals surface area contributed by atoms with Crippen molar-refractivity contribution in [2.24, 2.45) is 5.41 Å². The standard InChI is InChI=1S/C11H15NO4/c1-7(9(14)15)12-8(13)6-11(10(12)16)4-2-3-5-11/h7H,2-6H2,1H3,(H,14,15). The summed E-state index contributed by atoms with van der Waals surface area (Å²) in [6.45, 7) is 1.38. The van der Waals surface area contributed by atoms with Crippen molar-refractivity contribution in [2.75, 3.05) is 0 Å². The molecule has 0 aromatic heterocycles. The lowest BCUT2D eigenvalue weighted by atomic mass is 9.84. The van der Waals surface area contributed by atoms with Gasteiger partial charge in [-0.3, -0.25) is 14.5 Å². The highest BCUT2D eigenvalue weighted by molar-refractivity contribution is 6.08. The minimum absolute atomic E-state index is 0.198. The van der Waals surface area contributed by atoms with Crippen molar-refractivity contribution >= 4 is 17.8 Å². The molecule has 88 valence electrons. The van der Waals surface area contributed by atoms with Crippen molar-refractivity contribution in [2.45, 2.75) is 45.1 Å². The summed E-state index contributed by atoms with van der Waals surface area (Å²) < 4.78 is 0. The second-order valence-electron chi connectivity index (χ2n) is 4.75. The third kappa shape index (κ3) is 1.42. The van der Waals surface area contributed by atoms with Crippen LogP contribution in [0.3, 0.4) is 0 Å². The molecule has 2 aliphatic rings. The first-order valence-electron chi connectivity index (χ1n) is 5.57. The predicted octanol–water partition coefficient (Wildman–Crippen LogP) is 0.779. The molecule has 1 spiro atoms. The van der Waals surface area contributed by atoms with Gasteiger partial charge in [-0.2, -0.15) is 0 Å². The maximum Gasteiger partial charge on any atom is 0.326 e. The molecule has 1 unspecified atom stereocenters. The Hall–Kier alpha value is -1.39. The van der Waals surface area contributed by atoms with E-state index in [0.717, 1.165) is 30.6 Å². The molecule has 1 aliphatic heterocycles. The van der Waals surface area contributed by atoms with Gasteiger partial charge in [0.2, 0.25) is 11.8 Å². The van der Waals surface area contributed by atoms with Crippen LogP contribution in [0.15, 0.2) is 0 Å². The molecule has 1 heterocycles. The van der Waals surface area contributed by atoms with Crippen molar-refractivity contribution in [3.8, 4) is 0 Å². The Labute approximate surface area is 93.4 Å². The molecule has 2 rings (SSSR count). The quantitative estimate of drug-likeness (QED) is 0.705. The van der Waals surface area contributed by atoms with Gasteiger partial charge in [0.05, 0.1) is 5.41 Å². The first-order chi connectivity index (χ1) is 7.48. The molecule has 1 saturated heterocycles. The Morgan fingerprint density at radius 2 is 1.94 bits per heavy atom. The number of hydrogen-bond acceptors (Lipinski definition) is 3. The molecule has 0 bridgehead atoms. The largest absolute Gasteiger partial charge is 0.480 e. The second-order valence-corrected chi connectivity index (χ2v) is 4.75. The van der Waals surface area contributed by atoms with E-state index in [4.69, 9.17) is 5.11 Å². The van der Waals surface area contributed by atoms with E-state index in [-0.39, 0.29) is 18.2 Å². The lowest BCUT2D eigenvalue weighted by Crippen LogP contribution is -2.44. The summed E-state index contributed by atoms with van der Waals surface area (Å²) in [6.07, 6.45) is 3.55. The summed E-state index contributed by atoms with van der Waals surface area (Å²) in [5, 5.41) is 8.86. The summed E-state index contributed by atoms with van der Waals surface area (Å²) in [7, 11) is 0. The zero-order valence-electron chi connectivity index (χ0n) is 9.23. The van der Waals surface area contributed by atoms with E-state index in [1.807, 2.05) is 0 Å². The number of hydrogen-bond donors (Lipinski definition) is 1. The summed E-state index contributed by atoms with van der Waals surface area (Å²) in [6, 6.07) is -1.04. The maximum atomic E-state index is 12.1. The topological polar surface area (TPSA) is 74.7 Å². The summed E-state index contributed by atoms with van der Waals surface area (Å²) >= 11 is 0. The Morgan fingerprint density at radius 1 is 1.38 bits per heavy atom. The molecule has 2 fully saturated rings. The number of amides is 2. The molecule has 1 atom stereocenters. The van der Waals surface area contributed by atoms with E-state index in [0.29, 0.717) is 0 Å². The summed E-state index contributed by atoms with van der Waals surface area (Å²) in [5.41, 5.74) is -0.569. The van der Waals surface area contributed by atoms with Crippen LogP contribution in [0.1, 0.15) is 39.0 Å². The Balaban J connectivity index is 2.26. The third-order valence-electron chi connectivity index (χ3n) is 3.74. The van der Waals surface area contributed by atoms with Gasteiger partial charge in [-0.1, -0.05) is 12.8 Å². The highest BCUT2D eigenvalue weighted by Crippen LogP contribution is 2.47. The van der Waals surface area contributed by atoms with Crippen LogP contribution in [0.25, 0.3) is 0 Å². The van der Waals surface area contributed by atoms with Crippen molar-refractivity contribution < 1.29 is 19.5 Å². The van der Waals surface area contributed by atoms with Crippen LogP contribution >= 0.6 is 0 Å². The fourth-order valence-corrected chi connectivity index (χ4v) is 2.76. The number of likely N-dealkylation sites (tertiary alicyclic amines) is 1. The molecule has 1 N–H and O–H groups in total. The van der Waals surface area contributed by atoms with Gasteiger partial charge < -0.3 is 5.11 Å². The van der Waals surface area contributed by atoms with Crippen LogP contribution in [0.2, 0.25) is 0 Å². The number of nitrogens with zero attached hydrogens (tertiary/aromatic N) is 1. The van der Waals surface area contributed by atoms with E-state index >= 15 is 0 Å². The van der Waals surface area contributed by atoms with Crippen molar-refractivity contribution in [1.29, 1.82) is 0 Å². The molecule has 1 saturated carbocycles. The number of carbonyl (C=O) groups is 3. The van der Waals surface area contributed by atoms with E-state index in [1.54, 1.807) is 0 Å². The molecule has 2 amide bonds. The lowest BCUT2D eigenvalue weighted by Gasteiger charge is -2.23. The van der Waals surface area contributed by atoms with Crippen LogP contribution in [0, 0.1) is 5.41 Å². The van der Waals surface area contributed by atoms with Crippen molar-refractivity contribution in [3.63, 3.8) is 0 Å². The SMILES string of the molecule is CC(C(=O)O)N1C(=O)CC2(CCCC2)C1=O. The zero-order valence-corrected chi connectivity index (χ0v) is 9.23. The summed E-state index contributed by atoms with van der Waals surface area (Å²) in [5.74, 6) is -1.73. The van der Waals surface area contributed by atoms with Gasteiger partial charge in [-0.05, 0) is 19.8 Å². The van der Waals surface area contributed by atoms with E-state index in [9.17, 15) is 14.4 Å². The fraction of sp³-hybridized carbons (Fsp3) is 0.727. The normalized spacial score (nSPS) is 25.4. The first kappa shape index (κ1) is 11.1. The van der Waals surface area contributed by atoms with Gasteiger partial charge in [0.15, 0.2) is 0 Å². The molecule has 5 nitrogen and oxygen atoms in total. The lowest BCUT2D eigenvalue weighted by molar-refractivity contribution is -0.154. The van der Waals surface area contributed by atoms with Gasteiger partial charge in [0.25, 0.3) is 0 Å².